The lowest BCUT2D eigenvalue weighted by molar-refractivity contribution is 0.265. The molecule has 0 aromatic rings. The van der Waals surface area contributed by atoms with Gasteiger partial charge in [-0.15, -0.1) is 0 Å². The fourth-order valence-electron chi connectivity index (χ4n) is 1.80. The standard InChI is InChI=1S/C11H24N2/c1-3-13(11-6-7-11)8-4-5-10(2)9-12/h10-11H,3-9,12H2,1-2H3. The van der Waals surface area contributed by atoms with Crippen molar-refractivity contribution in [2.24, 2.45) is 11.7 Å². The number of hydrogen-bond acceptors (Lipinski definition) is 2. The lowest BCUT2D eigenvalue weighted by atomic mass is 10.1. The van der Waals surface area contributed by atoms with Crippen molar-refractivity contribution < 1.29 is 0 Å². The summed E-state index contributed by atoms with van der Waals surface area (Å²) in [6, 6.07) is 0.929. The van der Waals surface area contributed by atoms with Crippen LogP contribution in [0.25, 0.3) is 0 Å². The predicted octanol–water partition coefficient (Wildman–Crippen LogP) is 1.85. The van der Waals surface area contributed by atoms with Crippen molar-refractivity contribution in [3.05, 3.63) is 0 Å². The Hall–Kier alpha value is -0.0800. The van der Waals surface area contributed by atoms with Crippen molar-refractivity contribution >= 4 is 0 Å². The molecule has 1 saturated carbocycles. The minimum absolute atomic E-state index is 0.706. The van der Waals surface area contributed by atoms with Gasteiger partial charge in [0.15, 0.2) is 0 Å². The second-order valence-electron chi connectivity index (χ2n) is 4.34. The van der Waals surface area contributed by atoms with E-state index in [2.05, 4.69) is 18.7 Å². The molecule has 1 unspecified atom stereocenters. The Morgan fingerprint density at radius 2 is 2.15 bits per heavy atom. The van der Waals surface area contributed by atoms with Crippen LogP contribution in [0.5, 0.6) is 0 Å². The van der Waals surface area contributed by atoms with E-state index in [-0.39, 0.29) is 0 Å². The highest BCUT2D eigenvalue weighted by Gasteiger charge is 2.26. The van der Waals surface area contributed by atoms with E-state index in [1.165, 1.54) is 38.8 Å². The van der Waals surface area contributed by atoms with Gasteiger partial charge in [-0.2, -0.15) is 0 Å². The molecule has 1 aliphatic carbocycles. The maximum absolute atomic E-state index is 5.58. The molecular weight excluding hydrogens is 160 g/mol. The topological polar surface area (TPSA) is 29.3 Å². The van der Waals surface area contributed by atoms with Crippen LogP contribution in [0.4, 0.5) is 0 Å². The maximum Gasteiger partial charge on any atom is 0.00963 e. The lowest BCUT2D eigenvalue weighted by Gasteiger charge is -2.20. The summed E-state index contributed by atoms with van der Waals surface area (Å²) in [5.74, 6) is 0.706. The van der Waals surface area contributed by atoms with Crippen molar-refractivity contribution in [2.45, 2.75) is 45.6 Å². The molecule has 1 aliphatic rings. The molecule has 0 bridgehead atoms. The van der Waals surface area contributed by atoms with Crippen LogP contribution in [-0.2, 0) is 0 Å². The lowest BCUT2D eigenvalue weighted by Crippen LogP contribution is -2.27. The molecule has 0 saturated heterocycles. The first-order valence-electron chi connectivity index (χ1n) is 5.72. The SMILES string of the molecule is CCN(CCCC(C)CN)C1CC1. The monoisotopic (exact) mass is 184 g/mol. The summed E-state index contributed by atoms with van der Waals surface area (Å²) in [7, 11) is 0. The average molecular weight is 184 g/mol. The average Bonchev–Trinajstić information content (AvgIpc) is 2.95. The summed E-state index contributed by atoms with van der Waals surface area (Å²) in [6.45, 7) is 7.86. The largest absolute Gasteiger partial charge is 0.330 e. The summed E-state index contributed by atoms with van der Waals surface area (Å²) in [4.78, 5) is 2.61. The molecule has 0 heterocycles. The second kappa shape index (κ2) is 5.61. The Bertz CT molecular complexity index is 132. The summed E-state index contributed by atoms with van der Waals surface area (Å²) in [5, 5.41) is 0. The molecule has 0 amide bonds. The summed E-state index contributed by atoms with van der Waals surface area (Å²) >= 11 is 0. The van der Waals surface area contributed by atoms with Gasteiger partial charge >= 0.3 is 0 Å². The summed E-state index contributed by atoms with van der Waals surface area (Å²) in [6.07, 6.45) is 5.48. The summed E-state index contributed by atoms with van der Waals surface area (Å²) in [5.41, 5.74) is 5.58. The normalized spacial score (nSPS) is 19.4. The van der Waals surface area contributed by atoms with Crippen molar-refractivity contribution in [1.82, 2.24) is 4.90 Å². The Morgan fingerprint density at radius 3 is 2.62 bits per heavy atom. The molecule has 2 nitrogen and oxygen atoms in total. The van der Waals surface area contributed by atoms with Gasteiger partial charge in [0, 0.05) is 6.04 Å². The van der Waals surface area contributed by atoms with Gasteiger partial charge in [0.05, 0.1) is 0 Å². The second-order valence-corrected chi connectivity index (χ2v) is 4.34. The van der Waals surface area contributed by atoms with E-state index in [9.17, 15) is 0 Å². The van der Waals surface area contributed by atoms with Gasteiger partial charge in [-0.25, -0.2) is 0 Å². The molecule has 2 heteroatoms. The van der Waals surface area contributed by atoms with Crippen molar-refractivity contribution in [1.29, 1.82) is 0 Å². The molecule has 78 valence electrons. The number of nitrogens with two attached hydrogens (primary N) is 1. The molecule has 13 heavy (non-hydrogen) atoms. The van der Waals surface area contributed by atoms with Crippen molar-refractivity contribution in [3.63, 3.8) is 0 Å². The van der Waals surface area contributed by atoms with E-state index in [0.717, 1.165) is 12.6 Å². The van der Waals surface area contributed by atoms with Crippen LogP contribution in [0.1, 0.15) is 39.5 Å². The van der Waals surface area contributed by atoms with Gasteiger partial charge in [-0.3, -0.25) is 0 Å². The van der Waals surface area contributed by atoms with Crippen molar-refractivity contribution in [2.75, 3.05) is 19.6 Å². The zero-order chi connectivity index (χ0) is 9.68. The molecule has 1 rings (SSSR count). The van der Waals surface area contributed by atoms with Gasteiger partial charge in [-0.05, 0) is 51.2 Å². The maximum atomic E-state index is 5.58. The molecule has 1 atom stereocenters. The zero-order valence-electron chi connectivity index (χ0n) is 9.13. The van der Waals surface area contributed by atoms with Crippen LogP contribution in [0, 0.1) is 5.92 Å². The molecular formula is C11H24N2. The van der Waals surface area contributed by atoms with Crippen molar-refractivity contribution in [3.8, 4) is 0 Å². The van der Waals surface area contributed by atoms with Crippen LogP contribution in [-0.4, -0.2) is 30.6 Å². The van der Waals surface area contributed by atoms with Gasteiger partial charge in [0.1, 0.15) is 0 Å². The number of rotatable bonds is 7. The molecule has 0 spiro atoms. The fourth-order valence-corrected chi connectivity index (χ4v) is 1.80. The third-order valence-electron chi connectivity index (χ3n) is 3.01. The number of nitrogens with zero attached hydrogens (tertiary/aromatic N) is 1. The quantitative estimate of drug-likeness (QED) is 0.654. The highest BCUT2D eigenvalue weighted by Crippen LogP contribution is 2.26. The van der Waals surface area contributed by atoms with Gasteiger partial charge in [-0.1, -0.05) is 13.8 Å². The zero-order valence-corrected chi connectivity index (χ0v) is 9.13. The molecule has 0 aliphatic heterocycles. The Morgan fingerprint density at radius 1 is 1.46 bits per heavy atom. The molecule has 0 aromatic carbocycles. The first-order valence-corrected chi connectivity index (χ1v) is 5.72. The minimum atomic E-state index is 0.706. The molecule has 0 radical (unpaired) electrons. The van der Waals surface area contributed by atoms with E-state index in [1.807, 2.05) is 0 Å². The first kappa shape index (κ1) is 11.0. The Kier molecular flexibility index (Phi) is 4.74. The highest BCUT2D eigenvalue weighted by molar-refractivity contribution is 4.83. The van der Waals surface area contributed by atoms with Crippen LogP contribution in [0.15, 0.2) is 0 Å². The first-order chi connectivity index (χ1) is 6.27. The van der Waals surface area contributed by atoms with Gasteiger partial charge in [0.25, 0.3) is 0 Å². The van der Waals surface area contributed by atoms with E-state index >= 15 is 0 Å². The van der Waals surface area contributed by atoms with Gasteiger partial charge in [0.2, 0.25) is 0 Å². The Balaban J connectivity index is 2.02. The highest BCUT2D eigenvalue weighted by atomic mass is 15.2. The number of hydrogen-bond donors (Lipinski definition) is 1. The van der Waals surface area contributed by atoms with Crippen LogP contribution in [0.3, 0.4) is 0 Å². The molecule has 0 aromatic heterocycles. The van der Waals surface area contributed by atoms with E-state index < -0.39 is 0 Å². The molecule has 2 N–H and O–H groups in total. The van der Waals surface area contributed by atoms with Gasteiger partial charge < -0.3 is 10.6 Å². The fraction of sp³-hybridized carbons (Fsp3) is 1.00. The third kappa shape index (κ3) is 4.10. The summed E-state index contributed by atoms with van der Waals surface area (Å²) < 4.78 is 0. The van der Waals surface area contributed by atoms with E-state index in [0.29, 0.717) is 5.92 Å². The van der Waals surface area contributed by atoms with Crippen LogP contribution < -0.4 is 5.73 Å². The smallest absolute Gasteiger partial charge is 0.00963 e. The van der Waals surface area contributed by atoms with E-state index in [4.69, 9.17) is 5.73 Å². The molecule has 1 fully saturated rings. The van der Waals surface area contributed by atoms with Crippen LogP contribution >= 0.6 is 0 Å². The predicted molar refractivity (Wildman–Crippen MR) is 57.7 cm³/mol. The van der Waals surface area contributed by atoms with Crippen LogP contribution in [0.2, 0.25) is 0 Å². The Labute approximate surface area is 82.5 Å². The van der Waals surface area contributed by atoms with E-state index in [1.54, 1.807) is 0 Å². The third-order valence-corrected chi connectivity index (χ3v) is 3.01. The minimum Gasteiger partial charge on any atom is -0.330 e.